The summed E-state index contributed by atoms with van der Waals surface area (Å²) >= 11 is 0. The topological polar surface area (TPSA) is 102 Å². The van der Waals surface area contributed by atoms with Crippen molar-refractivity contribution in [2.24, 2.45) is 0 Å². The molecule has 0 aromatic heterocycles. The molecule has 3 aromatic carbocycles. The Morgan fingerprint density at radius 1 is 0.844 bits per heavy atom. The van der Waals surface area contributed by atoms with Crippen LogP contribution in [0.5, 0.6) is 0 Å². The van der Waals surface area contributed by atoms with Crippen molar-refractivity contribution in [3.8, 4) is 0 Å². The summed E-state index contributed by atoms with van der Waals surface area (Å²) in [5.74, 6) is -1.10. The first-order valence-corrected chi connectivity index (χ1v) is 11.3. The SMILES string of the molecule is O=C(COC(=O)c1ccc(NS(=O)(=O)/C=C/c2ccccc2)cc1)NCc1ccccc1. The summed E-state index contributed by atoms with van der Waals surface area (Å²) in [6.07, 6.45) is 1.48. The summed E-state index contributed by atoms with van der Waals surface area (Å²) in [5, 5.41) is 3.73. The summed E-state index contributed by atoms with van der Waals surface area (Å²) in [4.78, 5) is 24.0. The summed E-state index contributed by atoms with van der Waals surface area (Å²) in [5.41, 5.74) is 2.18. The maximum absolute atomic E-state index is 12.2. The van der Waals surface area contributed by atoms with Crippen molar-refractivity contribution in [2.75, 3.05) is 11.3 Å². The van der Waals surface area contributed by atoms with E-state index in [1.807, 2.05) is 48.5 Å². The Bertz CT molecular complexity index is 1180. The smallest absolute Gasteiger partial charge is 0.338 e. The fourth-order valence-corrected chi connectivity index (χ4v) is 3.54. The molecule has 0 fully saturated rings. The van der Waals surface area contributed by atoms with Gasteiger partial charge in [0.1, 0.15) is 0 Å². The van der Waals surface area contributed by atoms with Crippen molar-refractivity contribution >= 4 is 33.7 Å². The van der Waals surface area contributed by atoms with Crippen LogP contribution >= 0.6 is 0 Å². The third-order valence-electron chi connectivity index (χ3n) is 4.29. The lowest BCUT2D eigenvalue weighted by molar-refractivity contribution is -0.124. The van der Waals surface area contributed by atoms with E-state index in [1.165, 1.54) is 30.3 Å². The first-order chi connectivity index (χ1) is 15.4. The standard InChI is InChI=1S/C24H22N2O5S/c27-23(25-17-20-9-5-2-6-10-20)18-31-24(28)21-11-13-22(14-12-21)26-32(29,30)16-15-19-7-3-1-4-8-19/h1-16,26H,17-18H2,(H,25,27)/b16-15+. The van der Waals surface area contributed by atoms with Crippen LogP contribution in [0.15, 0.2) is 90.3 Å². The highest BCUT2D eigenvalue weighted by molar-refractivity contribution is 7.95. The Hall–Kier alpha value is -3.91. The van der Waals surface area contributed by atoms with E-state index < -0.39 is 28.5 Å². The van der Waals surface area contributed by atoms with E-state index in [1.54, 1.807) is 12.1 Å². The largest absolute Gasteiger partial charge is 0.452 e. The second kappa shape index (κ2) is 10.9. The average Bonchev–Trinajstić information content (AvgIpc) is 2.81. The van der Waals surface area contributed by atoms with Crippen LogP contribution in [0.1, 0.15) is 21.5 Å². The van der Waals surface area contributed by atoms with Crippen LogP contribution < -0.4 is 10.0 Å². The zero-order valence-electron chi connectivity index (χ0n) is 17.1. The summed E-state index contributed by atoms with van der Waals surface area (Å²) < 4.78 is 31.8. The fraction of sp³-hybridized carbons (Fsp3) is 0.0833. The van der Waals surface area contributed by atoms with Crippen LogP contribution in [-0.2, 0) is 26.1 Å². The molecule has 2 N–H and O–H groups in total. The van der Waals surface area contributed by atoms with Crippen LogP contribution in [0, 0.1) is 0 Å². The van der Waals surface area contributed by atoms with E-state index in [9.17, 15) is 18.0 Å². The summed E-state index contributed by atoms with van der Waals surface area (Å²) in [7, 11) is -3.72. The number of sulfonamides is 1. The quantitative estimate of drug-likeness (QED) is 0.485. The van der Waals surface area contributed by atoms with E-state index in [2.05, 4.69) is 10.0 Å². The number of hydrogen-bond acceptors (Lipinski definition) is 5. The van der Waals surface area contributed by atoms with Gasteiger partial charge in [-0.05, 0) is 41.5 Å². The van der Waals surface area contributed by atoms with Gasteiger partial charge in [0.15, 0.2) is 6.61 Å². The lowest BCUT2D eigenvalue weighted by atomic mass is 10.2. The number of hydrogen-bond donors (Lipinski definition) is 2. The summed E-state index contributed by atoms with van der Waals surface area (Å²) in [6.45, 7) is -0.0743. The zero-order chi connectivity index (χ0) is 22.8. The number of ether oxygens (including phenoxy) is 1. The second-order valence-electron chi connectivity index (χ2n) is 6.78. The molecule has 0 saturated heterocycles. The normalized spacial score (nSPS) is 11.1. The van der Waals surface area contributed by atoms with Crippen molar-refractivity contribution in [3.63, 3.8) is 0 Å². The molecule has 0 radical (unpaired) electrons. The van der Waals surface area contributed by atoms with Gasteiger partial charge in [-0.3, -0.25) is 9.52 Å². The van der Waals surface area contributed by atoms with Crippen LogP contribution in [-0.4, -0.2) is 26.9 Å². The second-order valence-corrected chi connectivity index (χ2v) is 8.34. The monoisotopic (exact) mass is 450 g/mol. The molecule has 0 aliphatic carbocycles. The van der Waals surface area contributed by atoms with Crippen molar-refractivity contribution in [1.29, 1.82) is 0 Å². The zero-order valence-corrected chi connectivity index (χ0v) is 17.9. The molecule has 3 rings (SSSR count). The van der Waals surface area contributed by atoms with Crippen molar-refractivity contribution in [3.05, 3.63) is 107 Å². The molecule has 7 nitrogen and oxygen atoms in total. The van der Waals surface area contributed by atoms with Crippen molar-refractivity contribution in [2.45, 2.75) is 6.54 Å². The molecular weight excluding hydrogens is 428 g/mol. The van der Waals surface area contributed by atoms with Gasteiger partial charge in [-0.2, -0.15) is 0 Å². The summed E-state index contributed by atoms with van der Waals surface area (Å²) in [6, 6.07) is 24.1. The molecule has 0 saturated carbocycles. The number of rotatable bonds is 9. The molecule has 0 unspecified atom stereocenters. The van der Waals surface area contributed by atoms with Crippen LogP contribution in [0.4, 0.5) is 5.69 Å². The molecule has 0 bridgehead atoms. The van der Waals surface area contributed by atoms with Gasteiger partial charge >= 0.3 is 5.97 Å². The van der Waals surface area contributed by atoms with Crippen LogP contribution in [0.25, 0.3) is 6.08 Å². The first kappa shape index (κ1) is 22.8. The molecular formula is C24H22N2O5S. The van der Waals surface area contributed by atoms with E-state index >= 15 is 0 Å². The van der Waals surface area contributed by atoms with Gasteiger partial charge in [0.2, 0.25) is 0 Å². The Kier molecular flexibility index (Phi) is 7.77. The van der Waals surface area contributed by atoms with E-state index in [4.69, 9.17) is 4.74 Å². The number of esters is 1. The highest BCUT2D eigenvalue weighted by Gasteiger charge is 2.11. The minimum absolute atomic E-state index is 0.198. The van der Waals surface area contributed by atoms with Crippen molar-refractivity contribution < 1.29 is 22.7 Å². The molecule has 1 amide bonds. The first-order valence-electron chi connectivity index (χ1n) is 9.75. The molecule has 0 spiro atoms. The average molecular weight is 451 g/mol. The predicted molar refractivity (Wildman–Crippen MR) is 123 cm³/mol. The minimum atomic E-state index is -3.72. The molecule has 3 aromatic rings. The Balaban J connectivity index is 1.48. The highest BCUT2D eigenvalue weighted by atomic mass is 32.2. The van der Waals surface area contributed by atoms with Gasteiger partial charge < -0.3 is 10.1 Å². The number of nitrogens with one attached hydrogen (secondary N) is 2. The molecule has 0 atom stereocenters. The van der Waals surface area contributed by atoms with Gasteiger partial charge in [0.05, 0.1) is 11.0 Å². The van der Waals surface area contributed by atoms with E-state index in [-0.39, 0.29) is 5.56 Å². The highest BCUT2D eigenvalue weighted by Crippen LogP contribution is 2.13. The Morgan fingerprint density at radius 2 is 1.47 bits per heavy atom. The maximum atomic E-state index is 12.2. The van der Waals surface area contributed by atoms with Gasteiger partial charge in [0, 0.05) is 12.2 Å². The van der Waals surface area contributed by atoms with Crippen molar-refractivity contribution in [1.82, 2.24) is 5.32 Å². The third-order valence-corrected chi connectivity index (χ3v) is 5.30. The van der Waals surface area contributed by atoms with Crippen LogP contribution in [0.2, 0.25) is 0 Å². The Labute approximate surface area is 186 Å². The fourth-order valence-electron chi connectivity index (χ4n) is 2.67. The molecule has 0 aliphatic heterocycles. The molecule has 8 heteroatoms. The van der Waals surface area contributed by atoms with Gasteiger partial charge in [0.25, 0.3) is 15.9 Å². The lowest BCUT2D eigenvalue weighted by Crippen LogP contribution is -2.28. The number of benzene rings is 3. The molecule has 32 heavy (non-hydrogen) atoms. The number of carbonyl (C=O) groups is 2. The predicted octanol–water partition coefficient (Wildman–Crippen LogP) is 3.57. The lowest BCUT2D eigenvalue weighted by Gasteiger charge is -2.08. The number of anilines is 1. The third kappa shape index (κ3) is 7.41. The van der Waals surface area contributed by atoms with Gasteiger partial charge in [-0.1, -0.05) is 60.7 Å². The van der Waals surface area contributed by atoms with E-state index in [0.29, 0.717) is 12.2 Å². The number of carbonyl (C=O) groups excluding carboxylic acids is 2. The molecule has 164 valence electrons. The van der Waals surface area contributed by atoms with Crippen LogP contribution in [0.3, 0.4) is 0 Å². The van der Waals surface area contributed by atoms with Gasteiger partial charge in [-0.25, -0.2) is 13.2 Å². The Morgan fingerprint density at radius 3 is 2.12 bits per heavy atom. The minimum Gasteiger partial charge on any atom is -0.452 e. The van der Waals surface area contributed by atoms with Gasteiger partial charge in [-0.15, -0.1) is 0 Å². The molecule has 0 aliphatic rings. The maximum Gasteiger partial charge on any atom is 0.338 e. The molecule has 0 heterocycles. The van der Waals surface area contributed by atoms with E-state index in [0.717, 1.165) is 16.5 Å². The number of amides is 1.